The highest BCUT2D eigenvalue weighted by molar-refractivity contribution is 5.69. The van der Waals surface area contributed by atoms with Crippen molar-refractivity contribution in [1.29, 1.82) is 0 Å². The van der Waals surface area contributed by atoms with Crippen molar-refractivity contribution >= 4 is 23.3 Å². The highest BCUT2D eigenvalue weighted by atomic mass is 16.6. The lowest BCUT2D eigenvalue weighted by Crippen LogP contribution is -2.21. The number of nitro groups is 1. The Balaban J connectivity index is 2.13. The van der Waals surface area contributed by atoms with E-state index in [9.17, 15) is 10.1 Å². The van der Waals surface area contributed by atoms with Gasteiger partial charge in [0.2, 0.25) is 17.6 Å². The van der Waals surface area contributed by atoms with Crippen LogP contribution < -0.4 is 16.4 Å². The van der Waals surface area contributed by atoms with E-state index in [1.54, 1.807) is 0 Å². The van der Waals surface area contributed by atoms with Gasteiger partial charge in [0.05, 0.1) is 17.6 Å². The molecule has 0 aromatic carbocycles. The van der Waals surface area contributed by atoms with Crippen molar-refractivity contribution in [2.75, 3.05) is 42.7 Å². The first-order valence-electron chi connectivity index (χ1n) is 6.64. The number of rotatable bonds is 7. The molecule has 21 heavy (non-hydrogen) atoms. The number of anilines is 3. The van der Waals surface area contributed by atoms with E-state index in [1.807, 2.05) is 0 Å². The van der Waals surface area contributed by atoms with Gasteiger partial charge in [0.15, 0.2) is 0 Å². The molecule has 1 saturated heterocycles. The molecule has 0 amide bonds. The molecule has 2 heterocycles. The average molecular weight is 298 g/mol. The predicted molar refractivity (Wildman–Crippen MR) is 76.1 cm³/mol. The molecule has 1 aliphatic heterocycles. The topological polar surface area (TPSA) is 148 Å². The Hall–Kier alpha value is -2.20. The van der Waals surface area contributed by atoms with E-state index in [0.717, 1.165) is 19.4 Å². The molecule has 5 N–H and O–H groups in total. The Morgan fingerprint density at radius 3 is 2.90 bits per heavy atom. The van der Waals surface area contributed by atoms with Gasteiger partial charge in [0.1, 0.15) is 0 Å². The van der Waals surface area contributed by atoms with Crippen LogP contribution >= 0.6 is 0 Å². The lowest BCUT2D eigenvalue weighted by Gasteiger charge is -2.12. The smallest absolute Gasteiger partial charge is 0.353 e. The third-order valence-corrected chi connectivity index (χ3v) is 3.01. The summed E-state index contributed by atoms with van der Waals surface area (Å²) in [6.45, 7) is 1.19. The number of nitrogens with two attached hydrogens (primary N) is 1. The van der Waals surface area contributed by atoms with Crippen LogP contribution in [0.25, 0.3) is 0 Å². The number of nitrogens with zero attached hydrogens (tertiary/aromatic N) is 3. The van der Waals surface area contributed by atoms with Crippen LogP contribution in [0.4, 0.5) is 23.3 Å². The SMILES string of the molecule is Nc1nc(NCC2CCCO2)nc(NCCO)c1[N+](=O)[O-]. The molecule has 0 bridgehead atoms. The fraction of sp³-hybridized carbons (Fsp3) is 0.636. The van der Waals surface area contributed by atoms with Crippen LogP contribution in [0, 0.1) is 10.1 Å². The molecule has 1 unspecified atom stereocenters. The zero-order chi connectivity index (χ0) is 15.2. The van der Waals surface area contributed by atoms with Gasteiger partial charge in [-0.3, -0.25) is 10.1 Å². The van der Waals surface area contributed by atoms with Gasteiger partial charge in [-0.1, -0.05) is 0 Å². The quantitative estimate of drug-likeness (QED) is 0.402. The number of aliphatic hydroxyl groups is 1. The van der Waals surface area contributed by atoms with Crippen LogP contribution in [-0.2, 0) is 4.74 Å². The molecule has 1 aromatic rings. The van der Waals surface area contributed by atoms with Crippen molar-refractivity contribution in [3.8, 4) is 0 Å². The molecule has 0 radical (unpaired) electrons. The maximum absolute atomic E-state index is 11.0. The molecule has 1 fully saturated rings. The van der Waals surface area contributed by atoms with Gasteiger partial charge in [0.25, 0.3) is 0 Å². The number of nitrogen functional groups attached to an aromatic ring is 1. The zero-order valence-corrected chi connectivity index (χ0v) is 11.4. The van der Waals surface area contributed by atoms with Gasteiger partial charge >= 0.3 is 5.69 Å². The van der Waals surface area contributed by atoms with Crippen molar-refractivity contribution in [2.24, 2.45) is 0 Å². The van der Waals surface area contributed by atoms with E-state index in [1.165, 1.54) is 0 Å². The largest absolute Gasteiger partial charge is 0.395 e. The van der Waals surface area contributed by atoms with Crippen molar-refractivity contribution in [3.63, 3.8) is 0 Å². The van der Waals surface area contributed by atoms with Gasteiger partial charge in [-0.15, -0.1) is 0 Å². The summed E-state index contributed by atoms with van der Waals surface area (Å²) in [7, 11) is 0. The van der Waals surface area contributed by atoms with Crippen LogP contribution in [0.1, 0.15) is 12.8 Å². The monoisotopic (exact) mass is 298 g/mol. The first kappa shape index (κ1) is 15.2. The molecule has 10 nitrogen and oxygen atoms in total. The lowest BCUT2D eigenvalue weighted by molar-refractivity contribution is -0.383. The van der Waals surface area contributed by atoms with Gasteiger partial charge in [0, 0.05) is 19.7 Å². The number of ether oxygens (including phenoxy) is 1. The van der Waals surface area contributed by atoms with Crippen molar-refractivity contribution in [3.05, 3.63) is 10.1 Å². The Bertz CT molecular complexity index is 506. The van der Waals surface area contributed by atoms with Gasteiger partial charge in [-0.05, 0) is 12.8 Å². The molecule has 0 saturated carbocycles. The summed E-state index contributed by atoms with van der Waals surface area (Å²) in [5, 5.41) is 25.4. The van der Waals surface area contributed by atoms with Crippen LogP contribution in [0.5, 0.6) is 0 Å². The summed E-state index contributed by atoms with van der Waals surface area (Å²) < 4.78 is 5.46. The lowest BCUT2D eigenvalue weighted by atomic mass is 10.2. The highest BCUT2D eigenvalue weighted by Gasteiger charge is 2.23. The van der Waals surface area contributed by atoms with Crippen LogP contribution in [0.15, 0.2) is 0 Å². The van der Waals surface area contributed by atoms with Crippen molar-refractivity contribution in [2.45, 2.75) is 18.9 Å². The third kappa shape index (κ3) is 3.89. The van der Waals surface area contributed by atoms with Gasteiger partial charge in [-0.2, -0.15) is 9.97 Å². The molecule has 0 aliphatic carbocycles. The highest BCUT2D eigenvalue weighted by Crippen LogP contribution is 2.28. The standard InChI is InChI=1S/C11H18N6O4/c12-9-8(17(19)20)10(13-3-4-18)16-11(15-9)14-6-7-2-1-5-21-7/h7,18H,1-6H2,(H4,12,13,14,15,16). The summed E-state index contributed by atoms with van der Waals surface area (Å²) >= 11 is 0. The molecule has 0 spiro atoms. The van der Waals surface area contributed by atoms with Crippen molar-refractivity contribution in [1.82, 2.24) is 9.97 Å². The molecule has 1 aliphatic rings. The number of aromatic nitrogens is 2. The average Bonchev–Trinajstić information content (AvgIpc) is 2.95. The predicted octanol–water partition coefficient (Wildman–Crippen LogP) is -0.0379. The van der Waals surface area contributed by atoms with Crippen LogP contribution in [-0.4, -0.2) is 52.4 Å². The Labute approximate surface area is 120 Å². The Morgan fingerprint density at radius 2 is 2.29 bits per heavy atom. The van der Waals surface area contributed by atoms with E-state index in [-0.39, 0.29) is 36.8 Å². The molecule has 2 rings (SSSR count). The Morgan fingerprint density at radius 1 is 1.48 bits per heavy atom. The van der Waals surface area contributed by atoms with Crippen molar-refractivity contribution < 1.29 is 14.8 Å². The summed E-state index contributed by atoms with van der Waals surface area (Å²) in [6.07, 6.45) is 2.04. The zero-order valence-electron chi connectivity index (χ0n) is 11.4. The van der Waals surface area contributed by atoms with Crippen LogP contribution in [0.2, 0.25) is 0 Å². The first-order valence-corrected chi connectivity index (χ1v) is 6.64. The summed E-state index contributed by atoms with van der Waals surface area (Å²) in [4.78, 5) is 18.2. The third-order valence-electron chi connectivity index (χ3n) is 3.01. The van der Waals surface area contributed by atoms with E-state index in [2.05, 4.69) is 20.6 Å². The maximum Gasteiger partial charge on any atom is 0.353 e. The maximum atomic E-state index is 11.0. The minimum atomic E-state index is -0.654. The van der Waals surface area contributed by atoms with E-state index >= 15 is 0 Å². The summed E-state index contributed by atoms with van der Waals surface area (Å²) in [6, 6.07) is 0. The minimum Gasteiger partial charge on any atom is -0.395 e. The molecule has 1 atom stereocenters. The molecule has 10 heteroatoms. The van der Waals surface area contributed by atoms with E-state index in [0.29, 0.717) is 6.54 Å². The molecular weight excluding hydrogens is 280 g/mol. The molecule has 116 valence electrons. The number of nitrogens with one attached hydrogen (secondary N) is 2. The molecule has 1 aromatic heterocycles. The van der Waals surface area contributed by atoms with Gasteiger partial charge in [-0.25, -0.2) is 0 Å². The number of aliphatic hydroxyl groups excluding tert-OH is 1. The fourth-order valence-corrected chi connectivity index (χ4v) is 2.04. The molecular formula is C11H18N6O4. The van der Waals surface area contributed by atoms with Gasteiger partial charge < -0.3 is 26.2 Å². The minimum absolute atomic E-state index is 0.0172. The normalized spacial score (nSPS) is 17.7. The first-order chi connectivity index (χ1) is 10.1. The van der Waals surface area contributed by atoms with E-state index in [4.69, 9.17) is 15.6 Å². The van der Waals surface area contributed by atoms with E-state index < -0.39 is 10.6 Å². The fourth-order valence-electron chi connectivity index (χ4n) is 2.04. The second-order valence-electron chi connectivity index (χ2n) is 4.55. The second-order valence-corrected chi connectivity index (χ2v) is 4.55. The summed E-state index contributed by atoms with van der Waals surface area (Å²) in [5.41, 5.74) is 5.21. The summed E-state index contributed by atoms with van der Waals surface area (Å²) in [5.74, 6) is -0.0595. The number of hydrogen-bond acceptors (Lipinski definition) is 9. The Kier molecular flexibility index (Phi) is 5.06. The van der Waals surface area contributed by atoms with Crippen LogP contribution in [0.3, 0.4) is 0 Å². The number of hydrogen-bond donors (Lipinski definition) is 4. The second kappa shape index (κ2) is 6.99.